The van der Waals surface area contributed by atoms with Gasteiger partial charge >= 0.3 is 5.97 Å². The molecule has 0 radical (unpaired) electrons. The molecule has 2 atom stereocenters. The van der Waals surface area contributed by atoms with E-state index < -0.39 is 0 Å². The molecule has 2 aromatic carbocycles. The first-order valence-corrected chi connectivity index (χ1v) is 13.0. The highest BCUT2D eigenvalue weighted by molar-refractivity contribution is 6.30. The van der Waals surface area contributed by atoms with Gasteiger partial charge in [0.25, 0.3) is 0 Å². The van der Waals surface area contributed by atoms with Gasteiger partial charge in [-0.05, 0) is 61.1 Å². The van der Waals surface area contributed by atoms with Crippen molar-refractivity contribution in [3.63, 3.8) is 0 Å². The SMILES string of the molecule is CCOC(=O)[C@@H]1C[C@@H]1CN1CCN(CCCOC(c2ccc(Cl)cc2)c2ccc(Cl)cc2)CC1. The van der Waals surface area contributed by atoms with Crippen LogP contribution in [-0.4, -0.2) is 68.3 Å². The minimum absolute atomic E-state index is 0.0124. The van der Waals surface area contributed by atoms with Crippen LogP contribution in [0.3, 0.4) is 0 Å². The fourth-order valence-corrected chi connectivity index (χ4v) is 4.92. The second-order valence-corrected chi connectivity index (χ2v) is 10.1. The van der Waals surface area contributed by atoms with Crippen LogP contribution in [0.1, 0.15) is 37.0 Å². The van der Waals surface area contributed by atoms with Gasteiger partial charge in [0.05, 0.1) is 12.5 Å². The van der Waals surface area contributed by atoms with Gasteiger partial charge in [0.2, 0.25) is 0 Å². The number of benzene rings is 2. The van der Waals surface area contributed by atoms with Crippen LogP contribution < -0.4 is 0 Å². The zero-order chi connectivity index (χ0) is 23.9. The lowest BCUT2D eigenvalue weighted by Crippen LogP contribution is -2.47. The van der Waals surface area contributed by atoms with Crippen molar-refractivity contribution in [2.45, 2.75) is 25.9 Å². The van der Waals surface area contributed by atoms with E-state index in [1.165, 1.54) is 0 Å². The van der Waals surface area contributed by atoms with E-state index >= 15 is 0 Å². The molecule has 0 unspecified atom stereocenters. The molecule has 0 aromatic heterocycles. The van der Waals surface area contributed by atoms with Gasteiger partial charge in [0.15, 0.2) is 0 Å². The van der Waals surface area contributed by atoms with Crippen molar-refractivity contribution in [3.8, 4) is 0 Å². The Kier molecular flexibility index (Phi) is 9.26. The van der Waals surface area contributed by atoms with Gasteiger partial charge < -0.3 is 19.3 Å². The largest absolute Gasteiger partial charge is 0.466 e. The molecule has 2 aliphatic rings. The van der Waals surface area contributed by atoms with Gasteiger partial charge in [0.1, 0.15) is 6.10 Å². The van der Waals surface area contributed by atoms with Gasteiger partial charge in [-0.2, -0.15) is 0 Å². The third kappa shape index (κ3) is 7.19. The third-order valence-corrected chi connectivity index (χ3v) is 7.22. The molecule has 0 N–H and O–H groups in total. The van der Waals surface area contributed by atoms with Crippen LogP contribution in [-0.2, 0) is 14.3 Å². The molecule has 5 nitrogen and oxygen atoms in total. The molecule has 1 aliphatic heterocycles. The summed E-state index contributed by atoms with van der Waals surface area (Å²) in [5.41, 5.74) is 2.17. The predicted molar refractivity (Wildman–Crippen MR) is 136 cm³/mol. The van der Waals surface area contributed by atoms with Crippen LogP contribution in [0.4, 0.5) is 0 Å². The second-order valence-electron chi connectivity index (χ2n) is 9.20. The highest BCUT2D eigenvalue weighted by atomic mass is 35.5. The Balaban J connectivity index is 1.19. The van der Waals surface area contributed by atoms with Gasteiger partial charge in [-0.25, -0.2) is 0 Å². The van der Waals surface area contributed by atoms with Gasteiger partial charge in [0, 0.05) is 55.9 Å². The lowest BCUT2D eigenvalue weighted by molar-refractivity contribution is -0.145. The Morgan fingerprint density at radius 3 is 2.06 bits per heavy atom. The summed E-state index contributed by atoms with van der Waals surface area (Å²) in [7, 11) is 0. The summed E-state index contributed by atoms with van der Waals surface area (Å²) in [5, 5.41) is 1.44. The molecule has 184 valence electrons. The highest BCUT2D eigenvalue weighted by Gasteiger charge is 2.44. The number of halogens is 2. The summed E-state index contributed by atoms with van der Waals surface area (Å²) in [6.45, 7) is 9.32. The lowest BCUT2D eigenvalue weighted by Gasteiger charge is -2.34. The number of esters is 1. The minimum atomic E-state index is -0.141. The van der Waals surface area contributed by atoms with Crippen LogP contribution in [0, 0.1) is 11.8 Å². The number of piperazine rings is 1. The summed E-state index contributed by atoms with van der Waals surface area (Å²) >= 11 is 12.2. The van der Waals surface area contributed by atoms with E-state index in [0.717, 1.165) is 73.3 Å². The third-order valence-electron chi connectivity index (χ3n) is 6.72. The predicted octanol–water partition coefficient (Wildman–Crippen LogP) is 5.31. The number of nitrogens with zero attached hydrogens (tertiary/aromatic N) is 2. The Labute approximate surface area is 212 Å². The average Bonchev–Trinajstić information content (AvgIpc) is 3.61. The number of ether oxygens (including phenoxy) is 2. The van der Waals surface area contributed by atoms with Crippen molar-refractivity contribution in [2.24, 2.45) is 11.8 Å². The standard InChI is InChI=1S/C27H34Cl2N2O3/c1-2-33-27(32)25-18-22(25)19-31-15-13-30(14-16-31)12-3-17-34-26(20-4-8-23(28)9-5-20)21-6-10-24(29)11-7-21/h4-11,22,25-26H,2-3,12-19H2,1H3/t22-,25-/m1/s1. The van der Waals surface area contributed by atoms with Crippen molar-refractivity contribution in [1.82, 2.24) is 9.80 Å². The molecule has 4 rings (SSSR count). The zero-order valence-corrected chi connectivity index (χ0v) is 21.3. The van der Waals surface area contributed by atoms with Crippen LogP contribution in [0.15, 0.2) is 48.5 Å². The molecule has 0 spiro atoms. The first-order valence-electron chi connectivity index (χ1n) is 12.3. The van der Waals surface area contributed by atoms with Gasteiger partial charge in [-0.3, -0.25) is 4.79 Å². The molecule has 1 heterocycles. The van der Waals surface area contributed by atoms with Gasteiger partial charge in [-0.1, -0.05) is 47.5 Å². The number of rotatable bonds is 11. The maximum Gasteiger partial charge on any atom is 0.309 e. The van der Waals surface area contributed by atoms with Crippen molar-refractivity contribution >= 4 is 29.2 Å². The molecule has 1 aliphatic carbocycles. The fraction of sp³-hybridized carbons (Fsp3) is 0.519. The van der Waals surface area contributed by atoms with Crippen LogP contribution in [0.25, 0.3) is 0 Å². The normalized spacial score (nSPS) is 21.1. The van der Waals surface area contributed by atoms with Crippen molar-refractivity contribution in [1.29, 1.82) is 0 Å². The van der Waals surface area contributed by atoms with Crippen molar-refractivity contribution in [3.05, 3.63) is 69.7 Å². The molecule has 1 saturated carbocycles. The first-order chi connectivity index (χ1) is 16.5. The van der Waals surface area contributed by atoms with E-state index in [1.807, 2.05) is 55.5 Å². The van der Waals surface area contributed by atoms with Crippen LogP contribution in [0.5, 0.6) is 0 Å². The summed E-state index contributed by atoms with van der Waals surface area (Å²) in [5.74, 6) is 0.600. The maximum absolute atomic E-state index is 11.8. The van der Waals surface area contributed by atoms with E-state index in [1.54, 1.807) is 0 Å². The first kappa shape index (κ1) is 25.5. The number of hydrogen-bond acceptors (Lipinski definition) is 5. The van der Waals surface area contributed by atoms with Gasteiger partial charge in [-0.15, -0.1) is 0 Å². The second kappa shape index (κ2) is 12.4. The molecular formula is C27H34Cl2N2O3. The quantitative estimate of drug-likeness (QED) is 0.306. The van der Waals surface area contributed by atoms with E-state index in [4.69, 9.17) is 32.7 Å². The van der Waals surface area contributed by atoms with Crippen molar-refractivity contribution in [2.75, 3.05) is 52.5 Å². The molecule has 34 heavy (non-hydrogen) atoms. The molecule has 2 aromatic rings. The average molecular weight is 505 g/mol. The van der Waals surface area contributed by atoms with E-state index in [9.17, 15) is 4.79 Å². The van der Waals surface area contributed by atoms with E-state index in [0.29, 0.717) is 19.1 Å². The molecule has 1 saturated heterocycles. The topological polar surface area (TPSA) is 42.0 Å². The van der Waals surface area contributed by atoms with E-state index in [-0.39, 0.29) is 18.0 Å². The number of carbonyl (C=O) groups excluding carboxylic acids is 1. The summed E-state index contributed by atoms with van der Waals surface area (Å²) in [4.78, 5) is 16.8. The summed E-state index contributed by atoms with van der Waals surface area (Å²) in [6.07, 6.45) is 1.82. The number of carbonyl (C=O) groups is 1. The maximum atomic E-state index is 11.8. The zero-order valence-electron chi connectivity index (χ0n) is 19.8. The Bertz CT molecular complexity index is 869. The fourth-order valence-electron chi connectivity index (χ4n) is 4.66. The van der Waals surface area contributed by atoms with Crippen LogP contribution in [0.2, 0.25) is 10.0 Å². The lowest BCUT2D eigenvalue weighted by atomic mass is 10.0. The Hall–Kier alpha value is -1.63. The molecular weight excluding hydrogens is 471 g/mol. The van der Waals surface area contributed by atoms with Crippen LogP contribution >= 0.6 is 23.2 Å². The highest BCUT2D eigenvalue weighted by Crippen LogP contribution is 2.40. The van der Waals surface area contributed by atoms with E-state index in [2.05, 4.69) is 9.80 Å². The molecule has 0 bridgehead atoms. The smallest absolute Gasteiger partial charge is 0.309 e. The summed E-state index contributed by atoms with van der Waals surface area (Å²) in [6, 6.07) is 15.7. The summed E-state index contributed by atoms with van der Waals surface area (Å²) < 4.78 is 11.5. The Morgan fingerprint density at radius 2 is 1.50 bits per heavy atom. The molecule has 0 amide bonds. The Morgan fingerprint density at radius 1 is 0.941 bits per heavy atom. The van der Waals surface area contributed by atoms with Crippen molar-refractivity contribution < 1.29 is 14.3 Å². The molecule has 2 fully saturated rings. The molecule has 7 heteroatoms. The minimum Gasteiger partial charge on any atom is -0.466 e. The monoisotopic (exact) mass is 504 g/mol. The number of hydrogen-bond donors (Lipinski definition) is 0.